The molecule has 4 saturated carbocycles. The van der Waals surface area contributed by atoms with Crippen LogP contribution in [0.15, 0.2) is 11.6 Å². The molecule has 0 unspecified atom stereocenters. The third-order valence-electron chi connectivity index (χ3n) is 13.6. The number of fused-ring (bicyclic) bond motifs is 7. The third kappa shape index (κ3) is 3.90. The van der Waals surface area contributed by atoms with Crippen LogP contribution in [0.1, 0.15) is 113 Å². The smallest absolute Gasteiger partial charge is 0.312 e. The number of rotatable bonds is 3. The lowest BCUT2D eigenvalue weighted by molar-refractivity contribution is -0.210. The summed E-state index contributed by atoms with van der Waals surface area (Å²) in [6.07, 6.45) is 15.7. The molecule has 0 saturated heterocycles. The lowest BCUT2D eigenvalue weighted by atomic mass is 9.33. The second-order valence-corrected chi connectivity index (χ2v) is 16.0. The number of esters is 2. The highest BCUT2D eigenvalue weighted by molar-refractivity contribution is 5.95. The van der Waals surface area contributed by atoms with E-state index in [4.69, 9.17) is 15.9 Å². The Morgan fingerprint density at radius 1 is 0.975 bits per heavy atom. The molecule has 0 amide bonds. The van der Waals surface area contributed by atoms with Gasteiger partial charge in [-0.05, 0) is 104 Å². The number of carbonyl (C=O) groups excluding carboxylic acids is 3. The molecule has 0 heterocycles. The number of hydrogen-bond acceptors (Lipinski definition) is 5. The lowest BCUT2D eigenvalue weighted by Gasteiger charge is -2.70. The van der Waals surface area contributed by atoms with Gasteiger partial charge in [0.2, 0.25) is 0 Å². The van der Waals surface area contributed by atoms with Crippen molar-refractivity contribution in [3.63, 3.8) is 0 Å². The van der Waals surface area contributed by atoms with Gasteiger partial charge >= 0.3 is 11.9 Å². The first kappa shape index (κ1) is 29.4. The molecule has 9 atom stereocenters. The van der Waals surface area contributed by atoms with E-state index in [0.717, 1.165) is 51.4 Å². The standard InChI is InChI=1S/C35H50O5/c1-10-19-39-29(38)32(6)16-15-31(5)17-18-34(8)23(24(31)21-32)20-25(37)28-33(7)13-12-27(40-22(2)36)30(3,4)26(33)11-14-35(28,34)9/h1,20,24,26-28H,11-19,21H2,2-9H3/t24-,26-,27+,28-,31-,32+,33-,34+,35-/m1/s1. The van der Waals surface area contributed by atoms with Crippen molar-refractivity contribution in [2.24, 2.45) is 50.2 Å². The van der Waals surface area contributed by atoms with Gasteiger partial charge in [0.05, 0.1) is 5.41 Å². The first-order valence-corrected chi connectivity index (χ1v) is 15.5. The van der Waals surface area contributed by atoms with Gasteiger partial charge in [-0.3, -0.25) is 14.4 Å². The zero-order valence-electron chi connectivity index (χ0n) is 26.1. The van der Waals surface area contributed by atoms with E-state index in [9.17, 15) is 14.4 Å². The summed E-state index contributed by atoms with van der Waals surface area (Å²) in [6, 6.07) is 0. The molecule has 4 fully saturated rings. The van der Waals surface area contributed by atoms with Crippen molar-refractivity contribution in [3.8, 4) is 12.3 Å². The number of carbonyl (C=O) groups is 3. The van der Waals surface area contributed by atoms with Crippen LogP contribution < -0.4 is 0 Å². The Balaban J connectivity index is 1.54. The fourth-order valence-electron chi connectivity index (χ4n) is 11.0. The number of ether oxygens (including phenoxy) is 2. The van der Waals surface area contributed by atoms with Gasteiger partial charge in [0.25, 0.3) is 0 Å². The second-order valence-electron chi connectivity index (χ2n) is 16.0. The molecular formula is C35H50O5. The quantitative estimate of drug-likeness (QED) is 0.278. The molecule has 0 radical (unpaired) electrons. The van der Waals surface area contributed by atoms with Crippen molar-refractivity contribution in [2.45, 2.75) is 119 Å². The Morgan fingerprint density at radius 3 is 2.30 bits per heavy atom. The maximum atomic E-state index is 14.5. The Kier molecular flexibility index (Phi) is 6.77. The van der Waals surface area contributed by atoms with Crippen molar-refractivity contribution in [2.75, 3.05) is 6.61 Å². The highest BCUT2D eigenvalue weighted by Crippen LogP contribution is 2.75. The predicted octanol–water partition coefficient (Wildman–Crippen LogP) is 7.08. The Hall–Kier alpha value is -2.09. The largest absolute Gasteiger partial charge is 0.462 e. The highest BCUT2D eigenvalue weighted by Gasteiger charge is 2.70. The van der Waals surface area contributed by atoms with Crippen molar-refractivity contribution in [3.05, 3.63) is 11.6 Å². The number of terminal acetylenes is 1. The van der Waals surface area contributed by atoms with Crippen LogP contribution >= 0.6 is 0 Å². The van der Waals surface area contributed by atoms with Crippen LogP contribution in [-0.4, -0.2) is 30.4 Å². The van der Waals surface area contributed by atoms with Crippen LogP contribution in [-0.2, 0) is 23.9 Å². The topological polar surface area (TPSA) is 69.7 Å². The van der Waals surface area contributed by atoms with Crippen molar-refractivity contribution in [1.29, 1.82) is 0 Å². The molecule has 5 nitrogen and oxygen atoms in total. The van der Waals surface area contributed by atoms with Crippen LogP contribution in [0.3, 0.4) is 0 Å². The number of ketones is 1. The molecule has 220 valence electrons. The molecule has 40 heavy (non-hydrogen) atoms. The van der Waals surface area contributed by atoms with E-state index in [-0.39, 0.29) is 69.3 Å². The molecule has 0 aromatic carbocycles. The molecule has 5 heteroatoms. The maximum absolute atomic E-state index is 14.5. The van der Waals surface area contributed by atoms with Crippen LogP contribution in [0.25, 0.3) is 0 Å². The fraction of sp³-hybridized carbons (Fsp3) is 0.800. The molecule has 5 aliphatic rings. The molecule has 5 aliphatic carbocycles. The van der Waals surface area contributed by atoms with E-state index in [2.05, 4.69) is 47.5 Å². The van der Waals surface area contributed by atoms with E-state index in [1.165, 1.54) is 12.5 Å². The maximum Gasteiger partial charge on any atom is 0.312 e. The summed E-state index contributed by atoms with van der Waals surface area (Å²) >= 11 is 0. The van der Waals surface area contributed by atoms with Crippen LogP contribution in [0, 0.1) is 62.6 Å². The average molecular weight is 551 g/mol. The molecule has 5 rings (SSSR count). The summed E-state index contributed by atoms with van der Waals surface area (Å²) in [5, 5.41) is 0. The molecule has 0 aromatic heterocycles. The first-order valence-electron chi connectivity index (χ1n) is 15.5. The molecule has 0 aromatic rings. The highest BCUT2D eigenvalue weighted by atomic mass is 16.5. The minimum Gasteiger partial charge on any atom is -0.462 e. The predicted molar refractivity (Wildman–Crippen MR) is 155 cm³/mol. The average Bonchev–Trinajstić information content (AvgIpc) is 2.86. The Bertz CT molecular complexity index is 1190. The Labute approximate surface area is 241 Å². The van der Waals surface area contributed by atoms with Crippen molar-refractivity contribution < 1.29 is 23.9 Å². The summed E-state index contributed by atoms with van der Waals surface area (Å²) in [5.74, 6) is 2.70. The lowest BCUT2D eigenvalue weighted by Crippen LogP contribution is -2.66. The summed E-state index contributed by atoms with van der Waals surface area (Å²) in [4.78, 5) is 39.6. The normalized spacial score (nSPS) is 47.3. The van der Waals surface area contributed by atoms with Gasteiger partial charge in [-0.25, -0.2) is 0 Å². The molecule has 0 N–H and O–H groups in total. The van der Waals surface area contributed by atoms with Gasteiger partial charge in [-0.1, -0.05) is 53.0 Å². The van der Waals surface area contributed by atoms with E-state index in [1.807, 2.05) is 13.0 Å². The zero-order chi connectivity index (χ0) is 29.5. The fourth-order valence-corrected chi connectivity index (χ4v) is 11.0. The Morgan fingerprint density at radius 2 is 1.65 bits per heavy atom. The van der Waals surface area contributed by atoms with Crippen molar-refractivity contribution >= 4 is 17.7 Å². The van der Waals surface area contributed by atoms with E-state index >= 15 is 0 Å². The number of hydrogen-bond donors (Lipinski definition) is 0. The van der Waals surface area contributed by atoms with E-state index in [1.54, 1.807) is 0 Å². The van der Waals surface area contributed by atoms with Crippen LogP contribution in [0.4, 0.5) is 0 Å². The summed E-state index contributed by atoms with van der Waals surface area (Å²) in [5.41, 5.74) is 0.145. The summed E-state index contributed by atoms with van der Waals surface area (Å²) in [7, 11) is 0. The van der Waals surface area contributed by atoms with E-state index in [0.29, 0.717) is 12.3 Å². The molecule has 0 spiro atoms. The molecular weight excluding hydrogens is 500 g/mol. The minimum atomic E-state index is -0.594. The monoisotopic (exact) mass is 550 g/mol. The van der Waals surface area contributed by atoms with E-state index < -0.39 is 5.41 Å². The van der Waals surface area contributed by atoms with Gasteiger partial charge in [0.15, 0.2) is 12.4 Å². The third-order valence-corrected chi connectivity index (χ3v) is 13.6. The second kappa shape index (κ2) is 9.20. The van der Waals surface area contributed by atoms with Crippen LogP contribution in [0.5, 0.6) is 0 Å². The summed E-state index contributed by atoms with van der Waals surface area (Å²) < 4.78 is 11.3. The minimum absolute atomic E-state index is 0.00339. The zero-order valence-corrected chi connectivity index (χ0v) is 26.1. The van der Waals surface area contributed by atoms with Gasteiger partial charge < -0.3 is 9.47 Å². The molecule has 0 bridgehead atoms. The van der Waals surface area contributed by atoms with Gasteiger partial charge in [-0.15, -0.1) is 6.42 Å². The van der Waals surface area contributed by atoms with Crippen LogP contribution in [0.2, 0.25) is 0 Å². The SMILES string of the molecule is C#CCOC(=O)[C@@]1(C)CC[C@]2(C)CC[C@@]3(C)C(=CC(=O)[C@@H]4[C@]5(C)CC[C@H](OC(C)=O)C(C)(C)[C@H]5CC[C@]43C)[C@H]2C1. The van der Waals surface area contributed by atoms with Gasteiger partial charge in [0.1, 0.15) is 6.10 Å². The summed E-state index contributed by atoms with van der Waals surface area (Å²) in [6.45, 7) is 17.6. The van der Waals surface area contributed by atoms with Gasteiger partial charge in [0, 0.05) is 18.3 Å². The number of allylic oxidation sites excluding steroid dienone is 2. The van der Waals surface area contributed by atoms with Crippen molar-refractivity contribution in [1.82, 2.24) is 0 Å². The molecule has 0 aliphatic heterocycles. The van der Waals surface area contributed by atoms with Gasteiger partial charge in [-0.2, -0.15) is 0 Å². The first-order chi connectivity index (χ1) is 18.5.